The summed E-state index contributed by atoms with van der Waals surface area (Å²) in [5, 5.41) is 13.3. The molecule has 7 heteroatoms. The minimum atomic E-state index is -0.850. The smallest absolute Gasteiger partial charge is 0.249 e. The lowest BCUT2D eigenvalue weighted by Gasteiger charge is -2.14. The third kappa shape index (κ3) is 3.64. The largest absolute Gasteiger partial charge is 0.342 e. The SMILES string of the molecule is N#Cc1ccc(C[C@H](N)C(=O)NC2CC(=O)NC2=O)cc1. The van der Waals surface area contributed by atoms with Gasteiger partial charge in [0, 0.05) is 0 Å². The summed E-state index contributed by atoms with van der Waals surface area (Å²) in [5.41, 5.74) is 7.12. The molecule has 1 saturated heterocycles. The molecule has 1 heterocycles. The predicted octanol–water partition coefficient (Wildman–Crippen LogP) is -1.04. The van der Waals surface area contributed by atoms with Gasteiger partial charge in [-0.25, -0.2) is 0 Å². The summed E-state index contributed by atoms with van der Waals surface area (Å²) in [7, 11) is 0. The van der Waals surface area contributed by atoms with E-state index in [9.17, 15) is 14.4 Å². The Morgan fingerprint density at radius 3 is 2.62 bits per heavy atom. The lowest BCUT2D eigenvalue weighted by molar-refractivity contribution is -0.128. The second-order valence-electron chi connectivity index (χ2n) is 4.80. The van der Waals surface area contributed by atoms with E-state index in [0.29, 0.717) is 5.56 Å². The van der Waals surface area contributed by atoms with Crippen molar-refractivity contribution in [2.45, 2.75) is 24.9 Å². The molecule has 0 bridgehead atoms. The molecule has 0 spiro atoms. The lowest BCUT2D eigenvalue weighted by atomic mass is 10.0. The van der Waals surface area contributed by atoms with Gasteiger partial charge in [-0.3, -0.25) is 19.7 Å². The van der Waals surface area contributed by atoms with Crippen LogP contribution in [0.4, 0.5) is 0 Å². The first-order valence-electron chi connectivity index (χ1n) is 6.38. The second kappa shape index (κ2) is 6.15. The number of nitrogens with zero attached hydrogens (tertiary/aromatic N) is 1. The summed E-state index contributed by atoms with van der Waals surface area (Å²) < 4.78 is 0. The summed E-state index contributed by atoms with van der Waals surface area (Å²) in [5.74, 6) is -1.42. The number of hydrogen-bond acceptors (Lipinski definition) is 5. The molecule has 21 heavy (non-hydrogen) atoms. The highest BCUT2D eigenvalue weighted by molar-refractivity contribution is 6.07. The van der Waals surface area contributed by atoms with Crippen LogP contribution in [0, 0.1) is 11.3 Å². The number of nitrogens with one attached hydrogen (secondary N) is 2. The molecule has 1 aromatic carbocycles. The number of hydrogen-bond donors (Lipinski definition) is 3. The summed E-state index contributed by atoms with van der Waals surface area (Å²) in [4.78, 5) is 34.3. The number of benzene rings is 1. The molecule has 2 rings (SSSR count). The molecule has 0 aliphatic carbocycles. The standard InChI is InChI=1S/C14H14N4O3/c15-7-9-3-1-8(2-4-9)5-10(16)13(20)17-11-6-12(19)18-14(11)21/h1-4,10-11H,5-6,16H2,(H,17,20)(H,18,19,21)/t10-,11?/m0/s1. The van der Waals surface area contributed by atoms with E-state index < -0.39 is 29.8 Å². The van der Waals surface area contributed by atoms with E-state index in [4.69, 9.17) is 11.0 Å². The topological polar surface area (TPSA) is 125 Å². The Morgan fingerprint density at radius 1 is 1.43 bits per heavy atom. The first-order chi connectivity index (χ1) is 9.99. The molecule has 7 nitrogen and oxygen atoms in total. The van der Waals surface area contributed by atoms with Crippen LogP contribution in [0.2, 0.25) is 0 Å². The molecule has 1 aromatic rings. The number of carbonyl (C=O) groups is 3. The Kier molecular flexibility index (Phi) is 4.30. The molecule has 1 aliphatic rings. The Balaban J connectivity index is 1.91. The van der Waals surface area contributed by atoms with Crippen molar-refractivity contribution in [3.05, 3.63) is 35.4 Å². The van der Waals surface area contributed by atoms with Crippen LogP contribution in [0.3, 0.4) is 0 Å². The van der Waals surface area contributed by atoms with Gasteiger partial charge in [-0.05, 0) is 24.1 Å². The molecule has 0 aromatic heterocycles. The maximum Gasteiger partial charge on any atom is 0.249 e. The summed E-state index contributed by atoms with van der Waals surface area (Å²) >= 11 is 0. The fourth-order valence-corrected chi connectivity index (χ4v) is 2.01. The van der Waals surface area contributed by atoms with E-state index in [-0.39, 0.29) is 12.8 Å². The van der Waals surface area contributed by atoms with Crippen molar-refractivity contribution in [2.75, 3.05) is 0 Å². The predicted molar refractivity (Wildman–Crippen MR) is 72.5 cm³/mol. The van der Waals surface area contributed by atoms with E-state index in [1.54, 1.807) is 24.3 Å². The van der Waals surface area contributed by atoms with Gasteiger partial charge < -0.3 is 11.1 Å². The van der Waals surface area contributed by atoms with Gasteiger partial charge in [0.25, 0.3) is 0 Å². The molecule has 1 aliphatic heterocycles. The quantitative estimate of drug-likeness (QED) is 0.610. The van der Waals surface area contributed by atoms with Crippen molar-refractivity contribution in [3.8, 4) is 6.07 Å². The zero-order chi connectivity index (χ0) is 15.4. The van der Waals surface area contributed by atoms with Crippen molar-refractivity contribution in [3.63, 3.8) is 0 Å². The average Bonchev–Trinajstić information content (AvgIpc) is 2.77. The average molecular weight is 286 g/mol. The van der Waals surface area contributed by atoms with Crippen LogP contribution >= 0.6 is 0 Å². The molecule has 4 N–H and O–H groups in total. The highest BCUT2D eigenvalue weighted by atomic mass is 16.2. The van der Waals surface area contributed by atoms with Gasteiger partial charge in [-0.15, -0.1) is 0 Å². The van der Waals surface area contributed by atoms with Crippen LogP contribution in [-0.4, -0.2) is 29.8 Å². The van der Waals surface area contributed by atoms with Gasteiger partial charge >= 0.3 is 0 Å². The number of nitrogens with two attached hydrogens (primary N) is 1. The molecule has 0 saturated carbocycles. The van der Waals surface area contributed by atoms with Crippen LogP contribution in [0.25, 0.3) is 0 Å². The Hall–Kier alpha value is -2.72. The molecule has 0 radical (unpaired) electrons. The second-order valence-corrected chi connectivity index (χ2v) is 4.80. The lowest BCUT2D eigenvalue weighted by Crippen LogP contribution is -2.48. The highest BCUT2D eigenvalue weighted by Crippen LogP contribution is 2.07. The summed E-state index contributed by atoms with van der Waals surface area (Å²) in [6.07, 6.45) is 0.216. The third-order valence-corrected chi connectivity index (χ3v) is 3.16. The van der Waals surface area contributed by atoms with Crippen LogP contribution in [0.15, 0.2) is 24.3 Å². The Bertz CT molecular complexity index is 618. The van der Waals surface area contributed by atoms with Crippen molar-refractivity contribution in [2.24, 2.45) is 5.73 Å². The molecule has 2 atom stereocenters. The van der Waals surface area contributed by atoms with Crippen molar-refractivity contribution in [1.29, 1.82) is 5.26 Å². The van der Waals surface area contributed by atoms with Gasteiger partial charge in [0.2, 0.25) is 17.7 Å². The van der Waals surface area contributed by atoms with E-state index in [2.05, 4.69) is 10.6 Å². The molecule has 1 fully saturated rings. The summed E-state index contributed by atoms with van der Waals surface area (Å²) in [6.45, 7) is 0. The maximum absolute atomic E-state index is 11.9. The van der Waals surface area contributed by atoms with Gasteiger partial charge in [-0.2, -0.15) is 5.26 Å². The normalized spacial score (nSPS) is 18.8. The van der Waals surface area contributed by atoms with Crippen molar-refractivity contribution < 1.29 is 14.4 Å². The number of rotatable bonds is 4. The van der Waals surface area contributed by atoms with Crippen LogP contribution in [0.5, 0.6) is 0 Å². The zero-order valence-electron chi connectivity index (χ0n) is 11.1. The molecular weight excluding hydrogens is 272 g/mol. The van der Waals surface area contributed by atoms with Crippen LogP contribution in [0.1, 0.15) is 17.5 Å². The van der Waals surface area contributed by atoms with E-state index >= 15 is 0 Å². The molecule has 108 valence electrons. The van der Waals surface area contributed by atoms with Crippen molar-refractivity contribution in [1.82, 2.24) is 10.6 Å². The fraction of sp³-hybridized carbons (Fsp3) is 0.286. The third-order valence-electron chi connectivity index (χ3n) is 3.16. The minimum absolute atomic E-state index is 0.0613. The van der Waals surface area contributed by atoms with Gasteiger partial charge in [0.1, 0.15) is 6.04 Å². The van der Waals surface area contributed by atoms with Crippen LogP contribution < -0.4 is 16.4 Å². The Morgan fingerprint density at radius 2 is 2.10 bits per heavy atom. The van der Waals surface area contributed by atoms with Gasteiger partial charge in [-0.1, -0.05) is 12.1 Å². The molecular formula is C14H14N4O3. The molecule has 1 unspecified atom stereocenters. The van der Waals surface area contributed by atoms with E-state index in [1.165, 1.54) is 0 Å². The van der Waals surface area contributed by atoms with E-state index in [0.717, 1.165) is 5.56 Å². The highest BCUT2D eigenvalue weighted by Gasteiger charge is 2.32. The minimum Gasteiger partial charge on any atom is -0.342 e. The number of nitriles is 1. The van der Waals surface area contributed by atoms with Crippen molar-refractivity contribution >= 4 is 17.7 Å². The van der Waals surface area contributed by atoms with E-state index in [1.807, 2.05) is 6.07 Å². The van der Waals surface area contributed by atoms with Crippen LogP contribution in [-0.2, 0) is 20.8 Å². The fourth-order valence-electron chi connectivity index (χ4n) is 2.01. The maximum atomic E-state index is 11.9. The Labute approximate surface area is 121 Å². The molecule has 3 amide bonds. The zero-order valence-corrected chi connectivity index (χ0v) is 11.1. The first kappa shape index (κ1) is 14.7. The number of amides is 3. The number of imide groups is 1. The monoisotopic (exact) mass is 286 g/mol. The number of carbonyl (C=O) groups excluding carboxylic acids is 3. The van der Waals surface area contributed by atoms with Gasteiger partial charge in [0.15, 0.2) is 0 Å². The first-order valence-corrected chi connectivity index (χ1v) is 6.38. The summed E-state index contributed by atoms with van der Waals surface area (Å²) in [6, 6.07) is 7.04. The van der Waals surface area contributed by atoms with Gasteiger partial charge in [0.05, 0.1) is 24.1 Å².